The highest BCUT2D eigenvalue weighted by Gasteiger charge is 2.19. The number of phenolic OH excluding ortho intramolecular Hbond substituents is 1. The van der Waals surface area contributed by atoms with E-state index in [9.17, 15) is 9.90 Å². The molecule has 1 aromatic rings. The molecule has 0 spiro atoms. The molecule has 1 aromatic carbocycles. The average molecular weight is 267 g/mol. The summed E-state index contributed by atoms with van der Waals surface area (Å²) in [6.45, 7) is 5.71. The second kappa shape index (κ2) is 5.93. The van der Waals surface area contributed by atoms with Crippen molar-refractivity contribution in [2.45, 2.75) is 38.6 Å². The molecule has 0 radical (unpaired) electrons. The summed E-state index contributed by atoms with van der Waals surface area (Å²) in [7, 11) is 0. The van der Waals surface area contributed by atoms with Gasteiger partial charge < -0.3 is 20.6 Å². The molecule has 1 atom stereocenters. The Balaban J connectivity index is 2.93. The summed E-state index contributed by atoms with van der Waals surface area (Å²) < 4.78 is 0. The van der Waals surface area contributed by atoms with Crippen molar-refractivity contribution in [2.24, 2.45) is 0 Å². The van der Waals surface area contributed by atoms with E-state index in [0.717, 1.165) is 11.1 Å². The molecular formula is C14H21NO4. The smallest absolute Gasteiger partial charge is 0.404 e. The molecule has 0 saturated heterocycles. The van der Waals surface area contributed by atoms with Crippen LogP contribution in [0.2, 0.25) is 0 Å². The van der Waals surface area contributed by atoms with Crippen molar-refractivity contribution in [2.75, 3.05) is 6.61 Å². The molecule has 0 fully saturated rings. The number of rotatable bonds is 4. The van der Waals surface area contributed by atoms with Gasteiger partial charge in [-0.3, -0.25) is 0 Å². The number of carbonyl (C=O) groups is 1. The highest BCUT2D eigenvalue weighted by atomic mass is 16.4. The summed E-state index contributed by atoms with van der Waals surface area (Å²) in [5.41, 5.74) is 1.47. The summed E-state index contributed by atoms with van der Waals surface area (Å²) in [5, 5.41) is 29.9. The van der Waals surface area contributed by atoms with Crippen LogP contribution in [0.5, 0.6) is 5.75 Å². The summed E-state index contributed by atoms with van der Waals surface area (Å²) in [4.78, 5) is 10.6. The number of amides is 1. The number of benzene rings is 1. The van der Waals surface area contributed by atoms with Gasteiger partial charge in [-0.25, -0.2) is 4.79 Å². The van der Waals surface area contributed by atoms with Gasteiger partial charge in [-0.15, -0.1) is 0 Å². The van der Waals surface area contributed by atoms with E-state index in [2.05, 4.69) is 5.32 Å². The van der Waals surface area contributed by atoms with E-state index in [1.807, 2.05) is 26.8 Å². The Kier molecular flexibility index (Phi) is 4.78. The van der Waals surface area contributed by atoms with E-state index in [-0.39, 0.29) is 17.8 Å². The molecule has 1 amide bonds. The fourth-order valence-corrected chi connectivity index (χ4v) is 1.93. The molecule has 0 bridgehead atoms. The average Bonchev–Trinajstić information content (AvgIpc) is 2.28. The molecule has 0 heterocycles. The molecule has 0 aliphatic heterocycles. The first-order chi connectivity index (χ1) is 8.74. The lowest BCUT2D eigenvalue weighted by atomic mass is 9.85. The Labute approximate surface area is 112 Å². The minimum atomic E-state index is -1.16. The first-order valence-electron chi connectivity index (χ1n) is 6.16. The topological polar surface area (TPSA) is 89.8 Å². The van der Waals surface area contributed by atoms with Crippen LogP contribution in [0.25, 0.3) is 0 Å². The number of aromatic hydroxyl groups is 1. The van der Waals surface area contributed by atoms with E-state index in [1.165, 1.54) is 0 Å². The fraction of sp³-hybridized carbons (Fsp3) is 0.500. The van der Waals surface area contributed by atoms with Gasteiger partial charge >= 0.3 is 6.09 Å². The minimum Gasteiger partial charge on any atom is -0.508 e. The molecule has 1 rings (SSSR count). The predicted octanol–water partition coefficient (Wildman–Crippen LogP) is 1.86. The van der Waals surface area contributed by atoms with Gasteiger partial charge in [0.25, 0.3) is 0 Å². The molecule has 0 aliphatic carbocycles. The van der Waals surface area contributed by atoms with Crippen LogP contribution in [0.15, 0.2) is 18.2 Å². The van der Waals surface area contributed by atoms with Gasteiger partial charge in [-0.2, -0.15) is 0 Å². The number of hydrogen-bond acceptors (Lipinski definition) is 3. The summed E-state index contributed by atoms with van der Waals surface area (Å²) in [5.74, 6) is 0.225. The van der Waals surface area contributed by atoms with Gasteiger partial charge in [0.15, 0.2) is 0 Å². The largest absolute Gasteiger partial charge is 0.508 e. The second-order valence-electron chi connectivity index (χ2n) is 5.63. The van der Waals surface area contributed by atoms with Gasteiger partial charge in [0.05, 0.1) is 12.6 Å². The van der Waals surface area contributed by atoms with E-state index in [0.29, 0.717) is 6.42 Å². The van der Waals surface area contributed by atoms with Crippen LogP contribution >= 0.6 is 0 Å². The quantitative estimate of drug-likeness (QED) is 0.670. The van der Waals surface area contributed by atoms with E-state index >= 15 is 0 Å². The molecule has 5 nitrogen and oxygen atoms in total. The van der Waals surface area contributed by atoms with Gasteiger partial charge in [-0.1, -0.05) is 32.9 Å². The Morgan fingerprint density at radius 2 is 2.00 bits per heavy atom. The number of hydrogen-bond donors (Lipinski definition) is 4. The van der Waals surface area contributed by atoms with Crippen molar-refractivity contribution >= 4 is 6.09 Å². The Bertz CT molecular complexity index is 451. The Hall–Kier alpha value is -1.75. The zero-order valence-electron chi connectivity index (χ0n) is 11.5. The number of phenols is 1. The molecule has 0 saturated carbocycles. The van der Waals surface area contributed by atoms with Gasteiger partial charge in [-0.05, 0) is 29.0 Å². The Morgan fingerprint density at radius 1 is 1.37 bits per heavy atom. The molecular weight excluding hydrogens is 246 g/mol. The van der Waals surface area contributed by atoms with E-state index in [1.54, 1.807) is 12.1 Å². The molecule has 0 aliphatic rings. The van der Waals surface area contributed by atoms with Crippen LogP contribution in [0.4, 0.5) is 4.79 Å². The van der Waals surface area contributed by atoms with Gasteiger partial charge in [0.2, 0.25) is 0 Å². The van der Waals surface area contributed by atoms with E-state index in [4.69, 9.17) is 10.2 Å². The number of aliphatic hydroxyl groups excluding tert-OH is 1. The molecule has 106 valence electrons. The fourth-order valence-electron chi connectivity index (χ4n) is 1.93. The summed E-state index contributed by atoms with van der Waals surface area (Å²) >= 11 is 0. The van der Waals surface area contributed by atoms with E-state index < -0.39 is 12.1 Å². The highest BCUT2D eigenvalue weighted by molar-refractivity contribution is 5.64. The Morgan fingerprint density at radius 3 is 2.47 bits per heavy atom. The number of carboxylic acid groups (broad SMARTS) is 1. The third kappa shape index (κ3) is 4.44. The van der Waals surface area contributed by atoms with Crippen molar-refractivity contribution < 1.29 is 20.1 Å². The van der Waals surface area contributed by atoms with Crippen LogP contribution in [-0.4, -0.2) is 34.1 Å². The van der Waals surface area contributed by atoms with Crippen LogP contribution < -0.4 is 5.32 Å². The normalized spacial score (nSPS) is 13.1. The molecule has 19 heavy (non-hydrogen) atoms. The first kappa shape index (κ1) is 15.3. The maximum atomic E-state index is 10.6. The minimum absolute atomic E-state index is 0.199. The zero-order valence-corrected chi connectivity index (χ0v) is 11.5. The van der Waals surface area contributed by atoms with Crippen molar-refractivity contribution in [3.8, 4) is 5.75 Å². The van der Waals surface area contributed by atoms with Crippen molar-refractivity contribution in [3.63, 3.8) is 0 Å². The third-order valence-corrected chi connectivity index (χ3v) is 2.90. The summed E-state index contributed by atoms with van der Waals surface area (Å²) in [6.07, 6.45) is -0.777. The monoisotopic (exact) mass is 267 g/mol. The molecule has 4 N–H and O–H groups in total. The maximum absolute atomic E-state index is 10.6. The number of nitrogens with one attached hydrogen (secondary N) is 1. The lowest BCUT2D eigenvalue weighted by Gasteiger charge is -2.22. The highest BCUT2D eigenvalue weighted by Crippen LogP contribution is 2.31. The maximum Gasteiger partial charge on any atom is 0.404 e. The molecule has 5 heteroatoms. The van der Waals surface area contributed by atoms with Gasteiger partial charge in [0, 0.05) is 0 Å². The van der Waals surface area contributed by atoms with Gasteiger partial charge in [0.1, 0.15) is 5.75 Å². The second-order valence-corrected chi connectivity index (χ2v) is 5.63. The lowest BCUT2D eigenvalue weighted by molar-refractivity contribution is 0.177. The third-order valence-electron chi connectivity index (χ3n) is 2.90. The predicted molar refractivity (Wildman–Crippen MR) is 72.5 cm³/mol. The van der Waals surface area contributed by atoms with Crippen molar-refractivity contribution in [3.05, 3.63) is 29.3 Å². The van der Waals surface area contributed by atoms with Crippen molar-refractivity contribution in [1.29, 1.82) is 0 Å². The number of aliphatic hydroxyl groups is 1. The van der Waals surface area contributed by atoms with Crippen molar-refractivity contribution in [1.82, 2.24) is 5.32 Å². The molecule has 1 unspecified atom stereocenters. The van der Waals surface area contributed by atoms with Crippen LogP contribution in [0.1, 0.15) is 31.9 Å². The standard InChI is InChI=1S/C14H21NO4/c1-14(2,3)11-7-9(4-5-12(11)17)6-10(8-16)15-13(18)19/h4-5,7,10,15-17H,6,8H2,1-3H3,(H,18,19). The molecule has 0 aromatic heterocycles. The lowest BCUT2D eigenvalue weighted by Crippen LogP contribution is -2.38. The first-order valence-corrected chi connectivity index (χ1v) is 6.16. The summed E-state index contributed by atoms with van der Waals surface area (Å²) in [6, 6.07) is 4.64. The zero-order chi connectivity index (χ0) is 14.6. The van der Waals surface area contributed by atoms with Crippen LogP contribution in [0, 0.1) is 0 Å². The van der Waals surface area contributed by atoms with Crippen LogP contribution in [-0.2, 0) is 11.8 Å². The van der Waals surface area contributed by atoms with Crippen LogP contribution in [0.3, 0.4) is 0 Å². The SMILES string of the molecule is CC(C)(C)c1cc(CC(CO)NC(=O)O)ccc1O.